The van der Waals surface area contributed by atoms with E-state index in [1.807, 2.05) is 4.72 Å². The van der Waals surface area contributed by atoms with Gasteiger partial charge in [-0.1, -0.05) is 28.1 Å². The van der Waals surface area contributed by atoms with Gasteiger partial charge < -0.3 is 0 Å². The summed E-state index contributed by atoms with van der Waals surface area (Å²) in [6.45, 7) is 1.66. The van der Waals surface area contributed by atoms with Crippen molar-refractivity contribution in [3.63, 3.8) is 0 Å². The van der Waals surface area contributed by atoms with Crippen LogP contribution >= 0.6 is 15.9 Å². The predicted octanol–water partition coefficient (Wildman–Crippen LogP) is 4.51. The van der Waals surface area contributed by atoms with Crippen LogP contribution in [0.5, 0.6) is 0 Å². The molecule has 0 aliphatic rings. The average Bonchev–Trinajstić information content (AvgIpc) is 2.52. The molecule has 0 unspecified atom stereocenters. The van der Waals surface area contributed by atoms with Gasteiger partial charge in [-0.15, -0.1) is 0 Å². The molecule has 0 aromatic heterocycles. The van der Waals surface area contributed by atoms with Gasteiger partial charge in [0, 0.05) is 10.0 Å². The van der Waals surface area contributed by atoms with E-state index < -0.39 is 27.7 Å². The van der Waals surface area contributed by atoms with E-state index in [-0.39, 0.29) is 11.1 Å². The summed E-state index contributed by atoms with van der Waals surface area (Å²) in [6, 6.07) is 8.70. The zero-order valence-electron chi connectivity index (χ0n) is 13.3. The second-order valence-electron chi connectivity index (χ2n) is 5.36. The van der Waals surface area contributed by atoms with Gasteiger partial charge in [-0.25, -0.2) is 13.1 Å². The summed E-state index contributed by atoms with van der Waals surface area (Å²) in [5.74, 6) is -0.799. The van der Waals surface area contributed by atoms with E-state index in [0.717, 1.165) is 40.2 Å². The van der Waals surface area contributed by atoms with Gasteiger partial charge in [-0.2, -0.15) is 13.2 Å². The number of alkyl halides is 3. The number of carbonyl (C=O) groups excluding carboxylic acids is 1. The number of nitrogens with one attached hydrogen (secondary N) is 1. The first-order chi connectivity index (χ1) is 12.0. The number of carbonyl (C=O) groups is 1. The number of halogens is 4. The van der Waals surface area contributed by atoms with Gasteiger partial charge in [0.25, 0.3) is 15.9 Å². The Hall–Kier alpha value is -2.13. The van der Waals surface area contributed by atoms with Crippen molar-refractivity contribution in [3.05, 3.63) is 74.6 Å². The van der Waals surface area contributed by atoms with Gasteiger partial charge >= 0.3 is 6.18 Å². The van der Waals surface area contributed by atoms with Gasteiger partial charge in [0.05, 0.1) is 11.0 Å². The molecule has 0 fully saturated rings. The second kappa shape index (κ2) is 7.63. The first-order valence-corrected chi connectivity index (χ1v) is 9.50. The lowest BCUT2D eigenvalue weighted by Gasteiger charge is -2.07. The van der Waals surface area contributed by atoms with E-state index >= 15 is 0 Å². The molecule has 26 heavy (non-hydrogen) atoms. The quantitative estimate of drug-likeness (QED) is 0.749. The summed E-state index contributed by atoms with van der Waals surface area (Å²) in [5.41, 5.74) is 0.186. The molecule has 0 bridgehead atoms. The minimum absolute atomic E-state index is 0.194. The Morgan fingerprint density at radius 1 is 1.12 bits per heavy atom. The Labute approximate surface area is 156 Å². The molecule has 0 aliphatic heterocycles. The minimum atomic E-state index is -4.47. The van der Waals surface area contributed by atoms with Crippen LogP contribution in [0.3, 0.4) is 0 Å². The third-order valence-corrected chi connectivity index (χ3v) is 4.80. The first kappa shape index (κ1) is 20.2. The number of benzene rings is 2. The van der Waals surface area contributed by atoms with Crippen LogP contribution in [0.1, 0.15) is 27.0 Å². The molecule has 0 saturated heterocycles. The van der Waals surface area contributed by atoms with Crippen molar-refractivity contribution in [1.82, 2.24) is 4.72 Å². The number of sulfonamides is 1. The Kier molecular flexibility index (Phi) is 5.92. The highest BCUT2D eigenvalue weighted by Gasteiger charge is 2.29. The summed E-state index contributed by atoms with van der Waals surface area (Å²) < 4.78 is 64.1. The average molecular weight is 448 g/mol. The normalized spacial score (nSPS) is 12.3. The molecule has 0 spiro atoms. The van der Waals surface area contributed by atoms with E-state index in [1.165, 1.54) is 6.07 Å². The Morgan fingerprint density at radius 2 is 1.73 bits per heavy atom. The number of aryl methyl sites for hydroxylation is 1. The van der Waals surface area contributed by atoms with Crippen molar-refractivity contribution in [2.24, 2.45) is 0 Å². The summed E-state index contributed by atoms with van der Waals surface area (Å²) in [4.78, 5) is 12.1. The van der Waals surface area contributed by atoms with Crippen molar-refractivity contribution in [2.75, 3.05) is 0 Å². The van der Waals surface area contributed by atoms with Gasteiger partial charge in [0.2, 0.25) is 0 Å². The molecular weight excluding hydrogens is 435 g/mol. The Bertz CT molecular complexity index is 952. The van der Waals surface area contributed by atoms with E-state index in [1.54, 1.807) is 19.1 Å². The van der Waals surface area contributed by atoms with E-state index in [4.69, 9.17) is 0 Å². The smallest absolute Gasteiger partial charge is 0.268 e. The standard InChI is InChI=1S/C17H13BrF3NO3S/c1-11-10-14(18)6-7-15(11)16(23)22-26(24,25)9-8-12-2-4-13(5-3-12)17(19,20)21/h2-10H,1H3,(H,22,23). The van der Waals surface area contributed by atoms with Crippen molar-refractivity contribution in [2.45, 2.75) is 13.1 Å². The third-order valence-electron chi connectivity index (χ3n) is 3.35. The fourth-order valence-corrected chi connectivity index (χ4v) is 3.30. The zero-order chi connectivity index (χ0) is 19.5. The van der Waals surface area contributed by atoms with E-state index in [0.29, 0.717) is 5.56 Å². The van der Waals surface area contributed by atoms with Crippen LogP contribution in [0, 0.1) is 6.92 Å². The zero-order valence-corrected chi connectivity index (χ0v) is 15.7. The highest BCUT2D eigenvalue weighted by Crippen LogP contribution is 2.29. The van der Waals surface area contributed by atoms with Crippen LogP contribution in [0.25, 0.3) is 6.08 Å². The lowest BCUT2D eigenvalue weighted by atomic mass is 10.1. The molecule has 1 amide bonds. The third kappa shape index (κ3) is 5.43. The molecule has 2 aromatic carbocycles. The van der Waals surface area contributed by atoms with Crippen molar-refractivity contribution >= 4 is 37.9 Å². The molecule has 138 valence electrons. The van der Waals surface area contributed by atoms with E-state index in [2.05, 4.69) is 15.9 Å². The number of amides is 1. The van der Waals surface area contributed by atoms with Crippen LogP contribution in [-0.2, 0) is 16.2 Å². The van der Waals surface area contributed by atoms with Gasteiger partial charge in [-0.05, 0) is 54.5 Å². The van der Waals surface area contributed by atoms with Crippen molar-refractivity contribution in [3.8, 4) is 0 Å². The highest BCUT2D eigenvalue weighted by molar-refractivity contribution is 9.10. The van der Waals surface area contributed by atoms with Gasteiger partial charge in [-0.3, -0.25) is 4.79 Å². The maximum Gasteiger partial charge on any atom is 0.416 e. The van der Waals surface area contributed by atoms with Crippen LogP contribution in [0.15, 0.2) is 52.3 Å². The lowest BCUT2D eigenvalue weighted by Crippen LogP contribution is -2.29. The number of rotatable bonds is 4. The van der Waals surface area contributed by atoms with Crippen LogP contribution in [-0.4, -0.2) is 14.3 Å². The fraction of sp³-hybridized carbons (Fsp3) is 0.118. The largest absolute Gasteiger partial charge is 0.416 e. The molecule has 2 rings (SSSR count). The fourth-order valence-electron chi connectivity index (χ4n) is 2.05. The van der Waals surface area contributed by atoms with Crippen molar-refractivity contribution in [1.29, 1.82) is 0 Å². The molecule has 0 aliphatic carbocycles. The van der Waals surface area contributed by atoms with Crippen LogP contribution in [0.2, 0.25) is 0 Å². The highest BCUT2D eigenvalue weighted by atomic mass is 79.9. The van der Waals surface area contributed by atoms with Gasteiger partial charge in [0.1, 0.15) is 0 Å². The Balaban J connectivity index is 2.12. The molecule has 1 N–H and O–H groups in total. The minimum Gasteiger partial charge on any atom is -0.268 e. The Morgan fingerprint density at radius 3 is 2.27 bits per heavy atom. The molecule has 0 radical (unpaired) electrons. The molecule has 2 aromatic rings. The van der Waals surface area contributed by atoms with Crippen LogP contribution < -0.4 is 4.72 Å². The molecule has 0 atom stereocenters. The number of hydrogen-bond donors (Lipinski definition) is 1. The molecule has 4 nitrogen and oxygen atoms in total. The second-order valence-corrected chi connectivity index (χ2v) is 7.84. The molecule has 9 heteroatoms. The lowest BCUT2D eigenvalue weighted by molar-refractivity contribution is -0.137. The van der Waals surface area contributed by atoms with E-state index in [9.17, 15) is 26.4 Å². The maximum atomic E-state index is 12.5. The maximum absolute atomic E-state index is 12.5. The summed E-state index contributed by atoms with van der Waals surface area (Å²) >= 11 is 3.24. The molecule has 0 saturated carbocycles. The summed E-state index contributed by atoms with van der Waals surface area (Å²) in [7, 11) is -4.11. The predicted molar refractivity (Wildman–Crippen MR) is 95.7 cm³/mol. The van der Waals surface area contributed by atoms with Crippen LogP contribution in [0.4, 0.5) is 13.2 Å². The molecular formula is C17H13BrF3NO3S. The molecule has 0 heterocycles. The summed E-state index contributed by atoms with van der Waals surface area (Å²) in [6.07, 6.45) is -3.37. The monoisotopic (exact) mass is 447 g/mol. The van der Waals surface area contributed by atoms with Crippen molar-refractivity contribution < 1.29 is 26.4 Å². The number of hydrogen-bond acceptors (Lipinski definition) is 3. The summed E-state index contributed by atoms with van der Waals surface area (Å²) in [5, 5.41) is 0.724. The topological polar surface area (TPSA) is 63.2 Å². The van der Waals surface area contributed by atoms with Gasteiger partial charge in [0.15, 0.2) is 0 Å². The first-order valence-electron chi connectivity index (χ1n) is 7.16. The SMILES string of the molecule is Cc1cc(Br)ccc1C(=O)NS(=O)(=O)C=Cc1ccc(C(F)(F)F)cc1.